The first-order valence-electron chi connectivity index (χ1n) is 9.29. The molecule has 0 spiro atoms. The fourth-order valence-electron chi connectivity index (χ4n) is 3.61. The van der Waals surface area contributed by atoms with Crippen LogP contribution in [-0.2, 0) is 6.42 Å². The fourth-order valence-corrected chi connectivity index (χ4v) is 3.61. The number of hydrogen-bond donors (Lipinski definition) is 0. The summed E-state index contributed by atoms with van der Waals surface area (Å²) in [5.74, 6) is 0. The summed E-state index contributed by atoms with van der Waals surface area (Å²) in [6.45, 7) is 2.24. The molecule has 4 rings (SSSR count). The molecule has 128 valence electrons. The highest BCUT2D eigenvalue weighted by molar-refractivity contribution is 6.00. The third kappa shape index (κ3) is 3.09. The Morgan fingerprint density at radius 1 is 0.577 bits per heavy atom. The summed E-state index contributed by atoms with van der Waals surface area (Å²) in [5.41, 5.74) is 4.99. The number of para-hydroxylation sites is 2. The summed E-state index contributed by atoms with van der Waals surface area (Å²) in [6, 6.07) is 34.5. The zero-order valence-corrected chi connectivity index (χ0v) is 15.1. The van der Waals surface area contributed by atoms with E-state index in [9.17, 15) is 0 Å². The molecule has 1 nitrogen and oxygen atoms in total. The average molecular weight is 337 g/mol. The first-order valence-corrected chi connectivity index (χ1v) is 9.29. The van der Waals surface area contributed by atoms with E-state index >= 15 is 0 Å². The summed E-state index contributed by atoms with van der Waals surface area (Å²) in [7, 11) is 0. The molecule has 4 aromatic rings. The van der Waals surface area contributed by atoms with E-state index in [0.717, 1.165) is 12.8 Å². The molecular formula is C25H23N. The smallest absolute Gasteiger partial charge is 0.0540 e. The van der Waals surface area contributed by atoms with E-state index in [1.165, 1.54) is 33.4 Å². The van der Waals surface area contributed by atoms with E-state index in [0.29, 0.717) is 0 Å². The normalized spacial score (nSPS) is 10.8. The lowest BCUT2D eigenvalue weighted by Gasteiger charge is -2.27. The van der Waals surface area contributed by atoms with Gasteiger partial charge >= 0.3 is 0 Å². The molecule has 0 fully saturated rings. The maximum Gasteiger partial charge on any atom is 0.0540 e. The van der Waals surface area contributed by atoms with E-state index in [1.54, 1.807) is 0 Å². The Labute approximate surface area is 155 Å². The van der Waals surface area contributed by atoms with Gasteiger partial charge in [0.1, 0.15) is 0 Å². The van der Waals surface area contributed by atoms with Crippen molar-refractivity contribution in [2.75, 3.05) is 4.90 Å². The van der Waals surface area contributed by atoms with Gasteiger partial charge in [-0.15, -0.1) is 0 Å². The maximum absolute atomic E-state index is 2.35. The third-order valence-electron chi connectivity index (χ3n) is 4.78. The summed E-state index contributed by atoms with van der Waals surface area (Å²) in [5, 5.41) is 2.65. The van der Waals surface area contributed by atoms with Crippen LogP contribution in [0.1, 0.15) is 18.9 Å². The topological polar surface area (TPSA) is 3.24 Å². The number of aryl methyl sites for hydroxylation is 1. The van der Waals surface area contributed by atoms with Crippen LogP contribution >= 0.6 is 0 Å². The Balaban J connectivity index is 1.96. The zero-order valence-electron chi connectivity index (χ0n) is 15.1. The van der Waals surface area contributed by atoms with Crippen LogP contribution in [0.25, 0.3) is 10.8 Å². The first kappa shape index (κ1) is 16.4. The zero-order chi connectivity index (χ0) is 17.8. The SMILES string of the molecule is CCCc1ccc(N(c2ccccc2)c2ccccc2)c2ccccc12. The third-order valence-corrected chi connectivity index (χ3v) is 4.78. The van der Waals surface area contributed by atoms with E-state index < -0.39 is 0 Å². The van der Waals surface area contributed by atoms with E-state index in [4.69, 9.17) is 0 Å². The summed E-state index contributed by atoms with van der Waals surface area (Å²) in [6.07, 6.45) is 2.27. The van der Waals surface area contributed by atoms with Crippen molar-refractivity contribution in [2.24, 2.45) is 0 Å². The van der Waals surface area contributed by atoms with Gasteiger partial charge in [-0.25, -0.2) is 0 Å². The Morgan fingerprint density at radius 2 is 1.12 bits per heavy atom. The molecule has 0 N–H and O–H groups in total. The minimum Gasteiger partial charge on any atom is -0.310 e. The minimum absolute atomic E-state index is 1.11. The molecule has 4 aromatic carbocycles. The second-order valence-electron chi connectivity index (χ2n) is 6.55. The molecule has 0 saturated carbocycles. The van der Waals surface area contributed by atoms with Gasteiger partial charge in [0.15, 0.2) is 0 Å². The molecule has 0 radical (unpaired) electrons. The van der Waals surface area contributed by atoms with Crippen molar-refractivity contribution in [3.63, 3.8) is 0 Å². The highest BCUT2D eigenvalue weighted by Gasteiger charge is 2.15. The van der Waals surface area contributed by atoms with Crippen molar-refractivity contribution in [3.8, 4) is 0 Å². The van der Waals surface area contributed by atoms with E-state index in [2.05, 4.69) is 109 Å². The molecule has 0 bridgehead atoms. The van der Waals surface area contributed by atoms with Gasteiger partial charge in [-0.1, -0.05) is 80.1 Å². The van der Waals surface area contributed by atoms with Crippen molar-refractivity contribution >= 4 is 27.8 Å². The molecule has 0 atom stereocenters. The predicted octanol–water partition coefficient (Wildman–Crippen LogP) is 7.26. The van der Waals surface area contributed by atoms with Crippen molar-refractivity contribution in [1.29, 1.82) is 0 Å². The van der Waals surface area contributed by atoms with Crippen LogP contribution in [0.4, 0.5) is 17.1 Å². The van der Waals surface area contributed by atoms with Crippen LogP contribution in [0.3, 0.4) is 0 Å². The fraction of sp³-hybridized carbons (Fsp3) is 0.120. The van der Waals surface area contributed by atoms with Crippen LogP contribution in [-0.4, -0.2) is 0 Å². The monoisotopic (exact) mass is 337 g/mol. The van der Waals surface area contributed by atoms with E-state index in [1.807, 2.05) is 0 Å². The molecule has 0 aromatic heterocycles. The molecule has 0 aliphatic rings. The second kappa shape index (κ2) is 7.45. The van der Waals surface area contributed by atoms with Gasteiger partial charge in [0.2, 0.25) is 0 Å². The second-order valence-corrected chi connectivity index (χ2v) is 6.55. The largest absolute Gasteiger partial charge is 0.310 e. The number of fused-ring (bicyclic) bond motifs is 1. The lowest BCUT2D eigenvalue weighted by Crippen LogP contribution is -2.10. The van der Waals surface area contributed by atoms with Crippen molar-refractivity contribution in [2.45, 2.75) is 19.8 Å². The molecule has 0 unspecified atom stereocenters. The molecule has 26 heavy (non-hydrogen) atoms. The van der Waals surface area contributed by atoms with Crippen LogP contribution < -0.4 is 4.90 Å². The molecule has 0 amide bonds. The van der Waals surface area contributed by atoms with Gasteiger partial charge < -0.3 is 4.90 Å². The summed E-state index contributed by atoms with van der Waals surface area (Å²) < 4.78 is 0. The maximum atomic E-state index is 2.35. The number of rotatable bonds is 5. The summed E-state index contributed by atoms with van der Waals surface area (Å²) >= 11 is 0. The van der Waals surface area contributed by atoms with Gasteiger partial charge in [0.05, 0.1) is 5.69 Å². The summed E-state index contributed by atoms with van der Waals surface area (Å²) in [4.78, 5) is 2.35. The van der Waals surface area contributed by atoms with Crippen molar-refractivity contribution in [3.05, 3.63) is 103 Å². The average Bonchev–Trinajstić information content (AvgIpc) is 2.71. The van der Waals surface area contributed by atoms with Gasteiger partial charge in [-0.2, -0.15) is 0 Å². The highest BCUT2D eigenvalue weighted by atomic mass is 15.1. The molecule has 0 aliphatic carbocycles. The van der Waals surface area contributed by atoms with Gasteiger partial charge in [-0.05, 0) is 47.7 Å². The minimum atomic E-state index is 1.11. The Kier molecular flexibility index (Phi) is 4.70. The van der Waals surface area contributed by atoms with Crippen LogP contribution in [0, 0.1) is 0 Å². The number of hydrogen-bond acceptors (Lipinski definition) is 1. The van der Waals surface area contributed by atoms with Crippen LogP contribution in [0.2, 0.25) is 0 Å². The van der Waals surface area contributed by atoms with Crippen molar-refractivity contribution in [1.82, 2.24) is 0 Å². The quantitative estimate of drug-likeness (QED) is 0.370. The molecule has 0 aliphatic heterocycles. The number of anilines is 3. The number of nitrogens with zero attached hydrogens (tertiary/aromatic N) is 1. The molecule has 0 saturated heterocycles. The highest BCUT2D eigenvalue weighted by Crippen LogP contribution is 2.39. The van der Waals surface area contributed by atoms with E-state index in [-0.39, 0.29) is 0 Å². The van der Waals surface area contributed by atoms with Gasteiger partial charge in [0.25, 0.3) is 0 Å². The molecule has 1 heteroatoms. The first-order chi connectivity index (χ1) is 12.9. The Morgan fingerprint density at radius 3 is 1.69 bits per heavy atom. The predicted molar refractivity (Wildman–Crippen MR) is 113 cm³/mol. The lowest BCUT2D eigenvalue weighted by molar-refractivity contribution is 0.929. The van der Waals surface area contributed by atoms with Crippen LogP contribution in [0.15, 0.2) is 97.1 Å². The molecule has 0 heterocycles. The van der Waals surface area contributed by atoms with Gasteiger partial charge in [-0.3, -0.25) is 0 Å². The van der Waals surface area contributed by atoms with Crippen molar-refractivity contribution < 1.29 is 0 Å². The number of benzene rings is 4. The Hall–Kier alpha value is -3.06. The van der Waals surface area contributed by atoms with Crippen LogP contribution in [0.5, 0.6) is 0 Å². The standard InChI is InChI=1S/C25H23N/c1-2-11-20-18-19-25(24-17-10-9-16-23(20)24)26(21-12-5-3-6-13-21)22-14-7-4-8-15-22/h3-10,12-19H,2,11H2,1H3. The Bertz CT molecular complexity index is 951. The lowest BCUT2D eigenvalue weighted by atomic mass is 9.98. The molecular weight excluding hydrogens is 314 g/mol. The van der Waals surface area contributed by atoms with Gasteiger partial charge in [0, 0.05) is 16.8 Å².